The molecule has 0 unspecified atom stereocenters. The van der Waals surface area contributed by atoms with Crippen molar-refractivity contribution in [3.05, 3.63) is 32.8 Å². The maximum absolute atomic E-state index is 10.7. The lowest BCUT2D eigenvalue weighted by Crippen LogP contribution is -2.11. The lowest BCUT2D eigenvalue weighted by Gasteiger charge is -2.10. The number of benzene rings is 1. The van der Waals surface area contributed by atoms with E-state index in [-0.39, 0.29) is 16.6 Å². The van der Waals surface area contributed by atoms with Crippen LogP contribution < -0.4 is 11.1 Å². The molecule has 0 aliphatic carbocycles. The molecule has 6 nitrogen and oxygen atoms in total. The Labute approximate surface area is 116 Å². The van der Waals surface area contributed by atoms with Crippen molar-refractivity contribution in [2.75, 3.05) is 11.9 Å². The highest BCUT2D eigenvalue weighted by Gasteiger charge is 2.14. The van der Waals surface area contributed by atoms with Gasteiger partial charge in [0.1, 0.15) is 5.02 Å². The normalized spacial score (nSPS) is 10.2. The number of carbonyl (C=O) groups is 1. The second-order valence-electron chi connectivity index (χ2n) is 4.23. The molecule has 0 aromatic heterocycles. The number of hydrogen-bond donors (Lipinski definition) is 2. The first kappa shape index (κ1) is 15.2. The number of primary amides is 1. The lowest BCUT2D eigenvalue weighted by atomic mass is 10.1. The van der Waals surface area contributed by atoms with Gasteiger partial charge in [-0.3, -0.25) is 14.9 Å². The van der Waals surface area contributed by atoms with Crippen molar-refractivity contribution in [3.63, 3.8) is 0 Å². The number of nitro groups is 1. The highest BCUT2D eigenvalue weighted by atomic mass is 35.5. The van der Waals surface area contributed by atoms with Gasteiger partial charge in [0.25, 0.3) is 5.69 Å². The average Bonchev–Trinajstić information content (AvgIpc) is 2.31. The van der Waals surface area contributed by atoms with Crippen molar-refractivity contribution in [1.82, 2.24) is 0 Å². The smallest absolute Gasteiger partial charge is 0.288 e. The van der Waals surface area contributed by atoms with Gasteiger partial charge in [0.05, 0.1) is 4.92 Å². The number of amides is 1. The van der Waals surface area contributed by atoms with Gasteiger partial charge >= 0.3 is 0 Å². The Bertz CT molecular complexity index is 491. The van der Waals surface area contributed by atoms with Gasteiger partial charge in [-0.25, -0.2) is 0 Å². The summed E-state index contributed by atoms with van der Waals surface area (Å²) in [5, 5.41) is 13.9. The SMILES string of the molecule is Cc1cc([N+](=O)[O-])c(Cl)cc1NCCCCC(N)=O. The monoisotopic (exact) mass is 285 g/mol. The third kappa shape index (κ3) is 4.75. The third-order valence-electron chi connectivity index (χ3n) is 2.66. The number of halogens is 1. The molecule has 0 aliphatic rings. The molecule has 0 bridgehead atoms. The first-order valence-electron chi connectivity index (χ1n) is 5.88. The molecule has 0 heterocycles. The molecular weight excluding hydrogens is 270 g/mol. The first-order valence-corrected chi connectivity index (χ1v) is 6.26. The molecule has 1 aromatic carbocycles. The van der Waals surface area contributed by atoms with Crippen LogP contribution in [-0.2, 0) is 4.79 Å². The zero-order chi connectivity index (χ0) is 14.4. The minimum Gasteiger partial charge on any atom is -0.385 e. The summed E-state index contributed by atoms with van der Waals surface area (Å²) < 4.78 is 0. The summed E-state index contributed by atoms with van der Waals surface area (Å²) in [6, 6.07) is 2.98. The maximum Gasteiger partial charge on any atom is 0.288 e. The molecule has 3 N–H and O–H groups in total. The van der Waals surface area contributed by atoms with Crippen molar-refractivity contribution in [1.29, 1.82) is 0 Å². The Morgan fingerprint density at radius 1 is 1.47 bits per heavy atom. The van der Waals surface area contributed by atoms with E-state index in [0.29, 0.717) is 19.4 Å². The molecule has 19 heavy (non-hydrogen) atoms. The van der Waals surface area contributed by atoms with Crippen LogP contribution >= 0.6 is 11.6 Å². The van der Waals surface area contributed by atoms with Gasteiger partial charge in [0, 0.05) is 24.7 Å². The Hall–Kier alpha value is -1.82. The highest BCUT2D eigenvalue weighted by molar-refractivity contribution is 6.33. The van der Waals surface area contributed by atoms with Crippen LogP contribution in [-0.4, -0.2) is 17.4 Å². The van der Waals surface area contributed by atoms with Crippen LogP contribution in [0.3, 0.4) is 0 Å². The number of nitrogens with one attached hydrogen (secondary N) is 1. The van der Waals surface area contributed by atoms with Gasteiger partial charge in [-0.05, 0) is 31.4 Å². The van der Waals surface area contributed by atoms with Gasteiger partial charge < -0.3 is 11.1 Å². The minimum absolute atomic E-state index is 0.0987. The van der Waals surface area contributed by atoms with Crippen LogP contribution in [0.4, 0.5) is 11.4 Å². The maximum atomic E-state index is 10.7. The fraction of sp³-hybridized carbons (Fsp3) is 0.417. The Kier molecular flexibility index (Phi) is 5.57. The fourth-order valence-electron chi connectivity index (χ4n) is 1.64. The summed E-state index contributed by atoms with van der Waals surface area (Å²) in [5.41, 5.74) is 6.45. The van der Waals surface area contributed by atoms with E-state index < -0.39 is 4.92 Å². The number of aryl methyl sites for hydroxylation is 1. The largest absolute Gasteiger partial charge is 0.385 e. The van der Waals surface area contributed by atoms with E-state index in [0.717, 1.165) is 17.7 Å². The molecule has 0 aliphatic heterocycles. The molecule has 0 radical (unpaired) electrons. The summed E-state index contributed by atoms with van der Waals surface area (Å²) in [5.74, 6) is -0.311. The Morgan fingerprint density at radius 3 is 2.74 bits per heavy atom. The van der Waals surface area contributed by atoms with E-state index in [1.165, 1.54) is 6.07 Å². The number of hydrogen-bond acceptors (Lipinski definition) is 4. The molecule has 0 fully saturated rings. The quantitative estimate of drug-likeness (QED) is 0.457. The zero-order valence-corrected chi connectivity index (χ0v) is 11.4. The summed E-state index contributed by atoms with van der Waals surface area (Å²) in [4.78, 5) is 20.8. The summed E-state index contributed by atoms with van der Waals surface area (Å²) in [6.45, 7) is 2.43. The van der Waals surface area contributed by atoms with Gasteiger partial charge in [0.15, 0.2) is 0 Å². The van der Waals surface area contributed by atoms with E-state index in [1.807, 2.05) is 0 Å². The zero-order valence-electron chi connectivity index (χ0n) is 10.6. The Morgan fingerprint density at radius 2 is 2.16 bits per heavy atom. The van der Waals surface area contributed by atoms with Gasteiger partial charge in [-0.1, -0.05) is 11.6 Å². The number of nitro benzene ring substituents is 1. The second-order valence-corrected chi connectivity index (χ2v) is 4.63. The first-order chi connectivity index (χ1) is 8.91. The van der Waals surface area contributed by atoms with Gasteiger partial charge in [0.2, 0.25) is 5.91 Å². The fourth-order valence-corrected chi connectivity index (χ4v) is 1.88. The molecule has 7 heteroatoms. The van der Waals surface area contributed by atoms with Crippen molar-refractivity contribution in [2.45, 2.75) is 26.2 Å². The number of unbranched alkanes of at least 4 members (excludes halogenated alkanes) is 1. The third-order valence-corrected chi connectivity index (χ3v) is 2.96. The molecule has 1 aromatic rings. The van der Waals surface area contributed by atoms with Crippen molar-refractivity contribution in [3.8, 4) is 0 Å². The molecule has 0 saturated carbocycles. The highest BCUT2D eigenvalue weighted by Crippen LogP contribution is 2.30. The predicted molar refractivity (Wildman–Crippen MR) is 74.4 cm³/mol. The molecule has 0 spiro atoms. The predicted octanol–water partition coefficient (Wildman–Crippen LogP) is 2.62. The van der Waals surface area contributed by atoms with Crippen LogP contribution in [0.15, 0.2) is 12.1 Å². The topological polar surface area (TPSA) is 98.3 Å². The number of nitrogens with two attached hydrogens (primary N) is 1. The number of rotatable bonds is 7. The van der Waals surface area contributed by atoms with E-state index in [9.17, 15) is 14.9 Å². The van der Waals surface area contributed by atoms with Crippen molar-refractivity contribution < 1.29 is 9.72 Å². The van der Waals surface area contributed by atoms with E-state index >= 15 is 0 Å². The number of nitrogens with zero attached hydrogens (tertiary/aromatic N) is 1. The van der Waals surface area contributed by atoms with Crippen LogP contribution in [0.1, 0.15) is 24.8 Å². The van der Waals surface area contributed by atoms with Crippen LogP contribution in [0.5, 0.6) is 0 Å². The van der Waals surface area contributed by atoms with Gasteiger partial charge in [-0.15, -0.1) is 0 Å². The average molecular weight is 286 g/mol. The summed E-state index contributed by atoms with van der Waals surface area (Å²) in [7, 11) is 0. The van der Waals surface area contributed by atoms with E-state index in [2.05, 4.69) is 5.32 Å². The number of carbonyl (C=O) groups excluding carboxylic acids is 1. The summed E-state index contributed by atoms with van der Waals surface area (Å²) >= 11 is 5.84. The minimum atomic E-state index is -0.508. The molecule has 0 atom stereocenters. The lowest BCUT2D eigenvalue weighted by molar-refractivity contribution is -0.384. The van der Waals surface area contributed by atoms with Crippen LogP contribution in [0, 0.1) is 17.0 Å². The van der Waals surface area contributed by atoms with Crippen molar-refractivity contribution in [2.24, 2.45) is 5.73 Å². The van der Waals surface area contributed by atoms with Crippen LogP contribution in [0.25, 0.3) is 0 Å². The molecule has 1 amide bonds. The summed E-state index contributed by atoms with van der Waals surface area (Å²) in [6.07, 6.45) is 1.86. The van der Waals surface area contributed by atoms with Crippen molar-refractivity contribution >= 4 is 28.9 Å². The molecule has 1 rings (SSSR count). The van der Waals surface area contributed by atoms with Gasteiger partial charge in [-0.2, -0.15) is 0 Å². The molecule has 104 valence electrons. The molecular formula is C12H16ClN3O3. The van der Waals surface area contributed by atoms with E-state index in [1.54, 1.807) is 13.0 Å². The second kappa shape index (κ2) is 6.94. The molecule has 0 saturated heterocycles. The van der Waals surface area contributed by atoms with Crippen LogP contribution in [0.2, 0.25) is 5.02 Å². The van der Waals surface area contributed by atoms with E-state index in [4.69, 9.17) is 17.3 Å². The number of anilines is 1. The standard InChI is InChI=1S/C12H16ClN3O3/c1-8-6-11(16(18)19)9(13)7-10(8)15-5-3-2-4-12(14)17/h6-7,15H,2-5H2,1H3,(H2,14,17). The Balaban J connectivity index is 2.57.